The summed E-state index contributed by atoms with van der Waals surface area (Å²) in [5.41, 5.74) is 1.31. The molecule has 0 saturated carbocycles. The van der Waals surface area contributed by atoms with Crippen LogP contribution in [0.2, 0.25) is 0 Å². The van der Waals surface area contributed by atoms with Gasteiger partial charge in [0.05, 0.1) is 5.39 Å². The summed E-state index contributed by atoms with van der Waals surface area (Å²) in [5.74, 6) is 1.17. The highest BCUT2D eigenvalue weighted by atomic mass is 32.1. The maximum Gasteiger partial charge on any atom is 0.325 e. The van der Waals surface area contributed by atoms with E-state index in [1.807, 2.05) is 6.92 Å². The number of nitrogens with one attached hydrogen (secondary N) is 1. The number of carboxylic acid groups (broad SMARTS) is 1. The number of thiophene rings is 1. The Labute approximate surface area is 127 Å². The molecule has 1 aliphatic carbocycles. The third-order valence-electron chi connectivity index (χ3n) is 3.99. The van der Waals surface area contributed by atoms with Gasteiger partial charge in [-0.25, -0.2) is 9.97 Å². The van der Waals surface area contributed by atoms with Crippen molar-refractivity contribution in [1.82, 2.24) is 9.97 Å². The van der Waals surface area contributed by atoms with E-state index in [9.17, 15) is 4.79 Å². The molecule has 2 aromatic rings. The van der Waals surface area contributed by atoms with Gasteiger partial charge < -0.3 is 10.4 Å². The highest BCUT2D eigenvalue weighted by Crippen LogP contribution is 2.40. The van der Waals surface area contributed by atoms with Crippen molar-refractivity contribution >= 4 is 33.3 Å². The quantitative estimate of drug-likeness (QED) is 0.911. The van der Waals surface area contributed by atoms with Crippen LogP contribution in [0.15, 0.2) is 0 Å². The number of aromatic nitrogens is 2. The lowest BCUT2D eigenvalue weighted by Gasteiger charge is -2.18. The standard InChI is InChI=1S/C15H19N3O2S/c1-7-4-5-10-11(6-7)21-14-12(10)13(17-9(3)18-14)16-8(2)15(19)20/h7-8H,4-6H2,1-3H3,(H,19,20)(H,16,17,18)/t7-,8+/m0/s1. The monoisotopic (exact) mass is 305 g/mol. The van der Waals surface area contributed by atoms with Crippen molar-refractivity contribution in [2.75, 3.05) is 5.32 Å². The van der Waals surface area contributed by atoms with Gasteiger partial charge in [0, 0.05) is 4.88 Å². The fourth-order valence-corrected chi connectivity index (χ4v) is 4.25. The molecular weight excluding hydrogens is 286 g/mol. The normalized spacial score (nSPS) is 19.3. The lowest BCUT2D eigenvalue weighted by atomic mass is 9.89. The smallest absolute Gasteiger partial charge is 0.325 e. The second kappa shape index (κ2) is 5.26. The first-order chi connectivity index (χ1) is 9.95. The van der Waals surface area contributed by atoms with Gasteiger partial charge >= 0.3 is 5.97 Å². The van der Waals surface area contributed by atoms with E-state index in [1.165, 1.54) is 16.9 Å². The third kappa shape index (κ3) is 2.60. The molecule has 2 N–H and O–H groups in total. The molecule has 0 fully saturated rings. The Kier molecular flexibility index (Phi) is 3.57. The summed E-state index contributed by atoms with van der Waals surface area (Å²) in [5, 5.41) is 13.2. The van der Waals surface area contributed by atoms with Crippen LogP contribution >= 0.6 is 11.3 Å². The van der Waals surface area contributed by atoms with Gasteiger partial charge in [-0.3, -0.25) is 4.79 Å². The summed E-state index contributed by atoms with van der Waals surface area (Å²) >= 11 is 1.73. The first-order valence-corrected chi connectivity index (χ1v) is 8.05. The number of hydrogen-bond donors (Lipinski definition) is 2. The number of fused-ring (bicyclic) bond motifs is 3. The van der Waals surface area contributed by atoms with Crippen molar-refractivity contribution in [3.63, 3.8) is 0 Å². The van der Waals surface area contributed by atoms with Crippen molar-refractivity contribution in [3.8, 4) is 0 Å². The number of carboxylic acids is 1. The van der Waals surface area contributed by atoms with Gasteiger partial charge in [0.2, 0.25) is 0 Å². The van der Waals surface area contributed by atoms with E-state index in [2.05, 4.69) is 22.2 Å². The first-order valence-electron chi connectivity index (χ1n) is 7.24. The van der Waals surface area contributed by atoms with Crippen LogP contribution in [0.4, 0.5) is 5.82 Å². The highest BCUT2D eigenvalue weighted by molar-refractivity contribution is 7.19. The van der Waals surface area contributed by atoms with Crippen molar-refractivity contribution in [2.45, 2.75) is 46.1 Å². The maximum absolute atomic E-state index is 11.1. The molecule has 0 amide bonds. The highest BCUT2D eigenvalue weighted by Gasteiger charge is 2.24. The number of nitrogens with zero attached hydrogens (tertiary/aromatic N) is 2. The molecule has 0 aliphatic heterocycles. The summed E-state index contributed by atoms with van der Waals surface area (Å²) in [6, 6.07) is -0.666. The van der Waals surface area contributed by atoms with Crippen LogP contribution < -0.4 is 5.32 Å². The topological polar surface area (TPSA) is 75.1 Å². The molecule has 0 saturated heterocycles. The predicted molar refractivity (Wildman–Crippen MR) is 84.1 cm³/mol. The molecule has 0 spiro atoms. The fourth-order valence-electron chi connectivity index (χ4n) is 2.82. The first kappa shape index (κ1) is 14.3. The number of rotatable bonds is 3. The van der Waals surface area contributed by atoms with Crippen LogP contribution in [-0.2, 0) is 17.6 Å². The molecule has 0 unspecified atom stereocenters. The van der Waals surface area contributed by atoms with E-state index in [0.717, 1.165) is 23.1 Å². The zero-order valence-corrected chi connectivity index (χ0v) is 13.3. The van der Waals surface area contributed by atoms with Crippen LogP contribution in [0.3, 0.4) is 0 Å². The average molecular weight is 305 g/mol. The van der Waals surface area contributed by atoms with Gasteiger partial charge in [-0.2, -0.15) is 0 Å². The average Bonchev–Trinajstić information content (AvgIpc) is 2.75. The Morgan fingerprint density at radius 3 is 2.95 bits per heavy atom. The SMILES string of the molecule is Cc1nc(N[C@H](C)C(=O)O)c2c3c(sc2n1)C[C@@H](C)CC3. The minimum Gasteiger partial charge on any atom is -0.480 e. The summed E-state index contributed by atoms with van der Waals surface area (Å²) < 4.78 is 0. The Morgan fingerprint density at radius 2 is 2.24 bits per heavy atom. The molecule has 2 atom stereocenters. The van der Waals surface area contributed by atoms with E-state index in [0.29, 0.717) is 17.6 Å². The van der Waals surface area contributed by atoms with Crippen molar-refractivity contribution in [2.24, 2.45) is 5.92 Å². The molecule has 0 aromatic carbocycles. The van der Waals surface area contributed by atoms with Crippen LogP contribution in [0.5, 0.6) is 0 Å². The molecule has 6 heteroatoms. The van der Waals surface area contributed by atoms with E-state index < -0.39 is 12.0 Å². The minimum atomic E-state index is -0.878. The Hall–Kier alpha value is -1.69. The molecular formula is C15H19N3O2S. The Balaban J connectivity index is 2.12. The molecule has 3 rings (SSSR count). The zero-order chi connectivity index (χ0) is 15.1. The van der Waals surface area contributed by atoms with Crippen LogP contribution in [0.25, 0.3) is 10.2 Å². The second-order valence-electron chi connectivity index (χ2n) is 5.86. The third-order valence-corrected chi connectivity index (χ3v) is 5.14. The van der Waals surface area contributed by atoms with E-state index in [-0.39, 0.29) is 0 Å². The van der Waals surface area contributed by atoms with Gasteiger partial charge in [0.25, 0.3) is 0 Å². The van der Waals surface area contributed by atoms with Crippen LogP contribution in [-0.4, -0.2) is 27.1 Å². The van der Waals surface area contributed by atoms with Gasteiger partial charge in [-0.15, -0.1) is 11.3 Å². The van der Waals surface area contributed by atoms with Crippen molar-refractivity contribution in [1.29, 1.82) is 0 Å². The van der Waals surface area contributed by atoms with Crippen LogP contribution in [0, 0.1) is 12.8 Å². The molecule has 1 aliphatic rings. The maximum atomic E-state index is 11.1. The molecule has 0 radical (unpaired) electrons. The number of anilines is 1. The minimum absolute atomic E-state index is 0.666. The fraction of sp³-hybridized carbons (Fsp3) is 0.533. The Bertz CT molecular complexity index is 710. The second-order valence-corrected chi connectivity index (χ2v) is 6.94. The summed E-state index contributed by atoms with van der Waals surface area (Å²) in [7, 11) is 0. The predicted octanol–water partition coefficient (Wildman–Crippen LogP) is 3.01. The van der Waals surface area contributed by atoms with E-state index >= 15 is 0 Å². The van der Waals surface area contributed by atoms with Crippen molar-refractivity contribution in [3.05, 3.63) is 16.3 Å². The van der Waals surface area contributed by atoms with Gasteiger partial charge in [0.15, 0.2) is 0 Å². The molecule has 2 heterocycles. The van der Waals surface area contributed by atoms with E-state index in [4.69, 9.17) is 5.11 Å². The Morgan fingerprint density at radius 1 is 1.48 bits per heavy atom. The molecule has 0 bridgehead atoms. The summed E-state index contributed by atoms with van der Waals surface area (Å²) in [6.45, 7) is 5.75. The van der Waals surface area contributed by atoms with Gasteiger partial charge in [-0.05, 0) is 44.6 Å². The lowest BCUT2D eigenvalue weighted by Crippen LogP contribution is -2.26. The number of aryl methyl sites for hydroxylation is 2. The molecule has 2 aromatic heterocycles. The number of hydrogen-bond acceptors (Lipinski definition) is 5. The largest absolute Gasteiger partial charge is 0.480 e. The molecule has 5 nitrogen and oxygen atoms in total. The van der Waals surface area contributed by atoms with Gasteiger partial charge in [0.1, 0.15) is 22.5 Å². The summed E-state index contributed by atoms with van der Waals surface area (Å²) in [6.07, 6.45) is 3.28. The zero-order valence-electron chi connectivity index (χ0n) is 12.4. The number of carbonyl (C=O) groups is 1. The van der Waals surface area contributed by atoms with Crippen LogP contribution in [0.1, 0.15) is 36.5 Å². The van der Waals surface area contributed by atoms with Crippen molar-refractivity contribution < 1.29 is 9.90 Å². The number of aliphatic carboxylic acids is 1. The molecule has 112 valence electrons. The lowest BCUT2D eigenvalue weighted by molar-refractivity contribution is -0.137. The summed E-state index contributed by atoms with van der Waals surface area (Å²) in [4.78, 5) is 22.4. The van der Waals surface area contributed by atoms with Gasteiger partial charge in [-0.1, -0.05) is 6.92 Å². The molecule has 21 heavy (non-hydrogen) atoms. The van der Waals surface area contributed by atoms with E-state index in [1.54, 1.807) is 18.3 Å².